The van der Waals surface area contributed by atoms with Gasteiger partial charge in [-0.25, -0.2) is 8.42 Å². The summed E-state index contributed by atoms with van der Waals surface area (Å²) >= 11 is 3.35. The molecule has 0 aliphatic heterocycles. The maximum absolute atomic E-state index is 11.4. The molecule has 1 aromatic carbocycles. The van der Waals surface area contributed by atoms with Crippen molar-refractivity contribution in [3.05, 3.63) is 33.9 Å². The Morgan fingerprint density at radius 3 is 2.58 bits per heavy atom. The second-order valence-corrected chi connectivity index (χ2v) is 7.39. The standard InChI is InChI=1S/C11H14BrNO5S/c1-18-7-9(12)5-8-3-4-10(19(2,16)17)6-11(8)13(14)15/h3-4,6,9H,5,7H2,1-2H3. The highest BCUT2D eigenvalue weighted by molar-refractivity contribution is 9.09. The highest BCUT2D eigenvalue weighted by Gasteiger charge is 2.20. The molecular formula is C11H14BrNO5S. The van der Waals surface area contributed by atoms with E-state index in [0.717, 1.165) is 12.3 Å². The molecule has 1 unspecified atom stereocenters. The number of halogens is 1. The molecular weight excluding hydrogens is 338 g/mol. The van der Waals surface area contributed by atoms with Crippen LogP contribution in [0.25, 0.3) is 0 Å². The summed E-state index contributed by atoms with van der Waals surface area (Å²) < 4.78 is 27.7. The molecule has 0 saturated heterocycles. The summed E-state index contributed by atoms with van der Waals surface area (Å²) in [6.45, 7) is 0.408. The first kappa shape index (κ1) is 16.1. The fraction of sp³-hybridized carbons (Fsp3) is 0.455. The smallest absolute Gasteiger partial charge is 0.273 e. The van der Waals surface area contributed by atoms with Gasteiger partial charge in [0.15, 0.2) is 9.84 Å². The number of hydrogen-bond donors (Lipinski definition) is 0. The van der Waals surface area contributed by atoms with Crippen molar-refractivity contribution < 1.29 is 18.1 Å². The summed E-state index contributed by atoms with van der Waals surface area (Å²) in [5, 5.41) is 11.0. The maximum atomic E-state index is 11.4. The third-order valence-corrected chi connectivity index (χ3v) is 4.17. The lowest BCUT2D eigenvalue weighted by Gasteiger charge is -2.09. The van der Waals surface area contributed by atoms with Crippen molar-refractivity contribution in [2.24, 2.45) is 0 Å². The molecule has 0 saturated carbocycles. The number of ether oxygens (including phenoxy) is 1. The van der Waals surface area contributed by atoms with Crippen LogP contribution in [0, 0.1) is 10.1 Å². The Hall–Kier alpha value is -0.990. The lowest BCUT2D eigenvalue weighted by Crippen LogP contribution is -2.11. The van der Waals surface area contributed by atoms with Crippen LogP contribution in [0.15, 0.2) is 23.1 Å². The Balaban J connectivity index is 3.16. The zero-order valence-electron chi connectivity index (χ0n) is 10.5. The van der Waals surface area contributed by atoms with Gasteiger partial charge in [0, 0.05) is 29.8 Å². The number of alkyl halides is 1. The van der Waals surface area contributed by atoms with E-state index < -0.39 is 14.8 Å². The minimum absolute atomic E-state index is 0.0548. The molecule has 0 radical (unpaired) electrons. The molecule has 1 rings (SSSR count). The Bertz CT molecular complexity index is 572. The minimum atomic E-state index is -3.46. The van der Waals surface area contributed by atoms with Gasteiger partial charge < -0.3 is 4.74 Å². The van der Waals surface area contributed by atoms with E-state index >= 15 is 0 Å². The van der Waals surface area contributed by atoms with Crippen LogP contribution in [-0.2, 0) is 21.0 Å². The van der Waals surface area contributed by atoms with E-state index in [1.165, 1.54) is 19.2 Å². The molecule has 1 aromatic rings. The molecule has 19 heavy (non-hydrogen) atoms. The highest BCUT2D eigenvalue weighted by atomic mass is 79.9. The van der Waals surface area contributed by atoms with Gasteiger partial charge in [-0.3, -0.25) is 10.1 Å². The monoisotopic (exact) mass is 351 g/mol. The van der Waals surface area contributed by atoms with Crippen LogP contribution in [0.1, 0.15) is 5.56 Å². The zero-order valence-corrected chi connectivity index (χ0v) is 12.9. The molecule has 0 aliphatic carbocycles. The van der Waals surface area contributed by atoms with Gasteiger partial charge in [-0.2, -0.15) is 0 Å². The summed E-state index contributed by atoms with van der Waals surface area (Å²) in [6.07, 6.45) is 1.40. The fourth-order valence-corrected chi connectivity index (χ4v) is 2.85. The number of hydrogen-bond acceptors (Lipinski definition) is 5. The number of rotatable bonds is 6. The van der Waals surface area contributed by atoms with E-state index in [1.807, 2.05) is 0 Å². The molecule has 106 valence electrons. The number of sulfone groups is 1. The SMILES string of the molecule is COCC(Br)Cc1ccc(S(C)(=O)=O)cc1[N+](=O)[O-]. The molecule has 0 fully saturated rings. The number of nitro benzene ring substituents is 1. The molecule has 1 atom stereocenters. The van der Waals surface area contributed by atoms with Gasteiger partial charge in [0.1, 0.15) is 0 Å². The third-order valence-electron chi connectivity index (χ3n) is 2.47. The van der Waals surface area contributed by atoms with Crippen molar-refractivity contribution in [2.45, 2.75) is 16.1 Å². The third kappa shape index (κ3) is 4.55. The largest absolute Gasteiger partial charge is 0.384 e. The summed E-state index contributed by atoms with van der Waals surface area (Å²) in [5.74, 6) is 0. The average molecular weight is 352 g/mol. The van der Waals surface area contributed by atoms with E-state index in [1.54, 1.807) is 0 Å². The lowest BCUT2D eigenvalue weighted by atomic mass is 10.1. The van der Waals surface area contributed by atoms with Crippen LogP contribution in [0.5, 0.6) is 0 Å². The van der Waals surface area contributed by atoms with E-state index in [-0.39, 0.29) is 15.4 Å². The first-order valence-electron chi connectivity index (χ1n) is 5.36. The molecule has 0 aromatic heterocycles. The van der Waals surface area contributed by atoms with Gasteiger partial charge >= 0.3 is 0 Å². The Kier molecular flexibility index (Phi) is 5.45. The first-order chi connectivity index (χ1) is 8.75. The number of nitrogens with zero attached hydrogens (tertiary/aromatic N) is 1. The van der Waals surface area contributed by atoms with E-state index in [0.29, 0.717) is 18.6 Å². The first-order valence-corrected chi connectivity index (χ1v) is 8.16. The molecule has 0 heterocycles. The van der Waals surface area contributed by atoms with Crippen LogP contribution in [0.4, 0.5) is 5.69 Å². The maximum Gasteiger partial charge on any atom is 0.273 e. The van der Waals surface area contributed by atoms with Crippen molar-refractivity contribution in [3.63, 3.8) is 0 Å². The number of benzene rings is 1. The van der Waals surface area contributed by atoms with E-state index in [9.17, 15) is 18.5 Å². The Labute approximate surface area is 120 Å². The molecule has 0 amide bonds. The quantitative estimate of drug-likeness (QED) is 0.444. The van der Waals surface area contributed by atoms with Crippen LogP contribution in [0.2, 0.25) is 0 Å². The van der Waals surface area contributed by atoms with Crippen molar-refractivity contribution in [1.82, 2.24) is 0 Å². The van der Waals surface area contributed by atoms with Gasteiger partial charge in [0.2, 0.25) is 0 Å². The van der Waals surface area contributed by atoms with Crippen LogP contribution in [-0.4, -0.2) is 38.1 Å². The molecule has 0 aliphatic rings. The van der Waals surface area contributed by atoms with Crippen molar-refractivity contribution in [3.8, 4) is 0 Å². The van der Waals surface area contributed by atoms with E-state index in [4.69, 9.17) is 4.74 Å². The van der Waals surface area contributed by atoms with Crippen LogP contribution >= 0.6 is 15.9 Å². The normalized spacial score (nSPS) is 13.2. The van der Waals surface area contributed by atoms with Crippen molar-refractivity contribution in [1.29, 1.82) is 0 Å². The molecule has 0 bridgehead atoms. The number of methoxy groups -OCH3 is 1. The second-order valence-electron chi connectivity index (χ2n) is 4.08. The molecule has 6 nitrogen and oxygen atoms in total. The fourth-order valence-electron chi connectivity index (χ4n) is 1.60. The molecule has 8 heteroatoms. The summed E-state index contributed by atoms with van der Waals surface area (Å²) in [6, 6.07) is 3.94. The lowest BCUT2D eigenvalue weighted by molar-refractivity contribution is -0.385. The Morgan fingerprint density at radius 2 is 2.11 bits per heavy atom. The number of nitro groups is 1. The molecule has 0 N–H and O–H groups in total. The highest BCUT2D eigenvalue weighted by Crippen LogP contribution is 2.25. The zero-order chi connectivity index (χ0) is 14.6. The van der Waals surface area contributed by atoms with Gasteiger partial charge in [-0.1, -0.05) is 22.0 Å². The predicted octanol–water partition coefficient (Wildman–Crippen LogP) is 1.95. The second kappa shape index (κ2) is 6.44. The summed E-state index contributed by atoms with van der Waals surface area (Å²) in [4.78, 5) is 10.3. The summed E-state index contributed by atoms with van der Waals surface area (Å²) in [5.41, 5.74) is 0.278. The van der Waals surface area contributed by atoms with Gasteiger partial charge in [-0.05, 0) is 12.5 Å². The van der Waals surface area contributed by atoms with Crippen LogP contribution < -0.4 is 0 Å². The van der Waals surface area contributed by atoms with E-state index in [2.05, 4.69) is 15.9 Å². The average Bonchev–Trinajstić information content (AvgIpc) is 2.27. The topological polar surface area (TPSA) is 86.5 Å². The predicted molar refractivity (Wildman–Crippen MR) is 74.5 cm³/mol. The van der Waals surface area contributed by atoms with Crippen LogP contribution in [0.3, 0.4) is 0 Å². The van der Waals surface area contributed by atoms with Crippen molar-refractivity contribution in [2.75, 3.05) is 20.0 Å². The van der Waals surface area contributed by atoms with Gasteiger partial charge in [0.05, 0.1) is 16.4 Å². The van der Waals surface area contributed by atoms with Crippen molar-refractivity contribution >= 4 is 31.5 Å². The Morgan fingerprint density at radius 1 is 1.47 bits per heavy atom. The van der Waals surface area contributed by atoms with Gasteiger partial charge in [-0.15, -0.1) is 0 Å². The minimum Gasteiger partial charge on any atom is -0.384 e. The summed E-state index contributed by atoms with van der Waals surface area (Å²) in [7, 11) is -1.92. The van der Waals surface area contributed by atoms with Gasteiger partial charge in [0.25, 0.3) is 5.69 Å². The molecule has 0 spiro atoms.